The number of carbonyl (C=O) groups is 2. The molecule has 0 fully saturated rings. The number of hydrogen-bond acceptors (Lipinski definition) is 3. The lowest BCUT2D eigenvalue weighted by Crippen LogP contribution is -2.27. The maximum atomic E-state index is 11.5. The third-order valence-corrected chi connectivity index (χ3v) is 2.30. The maximum absolute atomic E-state index is 11.5. The van der Waals surface area contributed by atoms with Gasteiger partial charge in [-0.05, 0) is 18.8 Å². The molecule has 0 amide bonds. The van der Waals surface area contributed by atoms with E-state index in [0.717, 1.165) is 20.0 Å². The monoisotopic (exact) mass is 208 g/mol. The molecule has 15 heavy (non-hydrogen) atoms. The van der Waals surface area contributed by atoms with Gasteiger partial charge in [-0.15, -0.1) is 0 Å². The van der Waals surface area contributed by atoms with Crippen LogP contribution in [0.25, 0.3) is 5.53 Å². The number of rotatable bonds is 4. The first-order valence-electron chi connectivity index (χ1n) is 4.69. The highest BCUT2D eigenvalue weighted by molar-refractivity contribution is 6.62. The fraction of sp³-hybridized carbons (Fsp3) is 0.500. The Morgan fingerprint density at radius 2 is 2.33 bits per heavy atom. The number of methoxy groups -OCH3 is 1. The molecule has 0 saturated heterocycles. The lowest BCUT2D eigenvalue weighted by atomic mass is 10.00. The molecule has 0 N–H and O–H groups in total. The third kappa shape index (κ3) is 2.86. The summed E-state index contributed by atoms with van der Waals surface area (Å²) in [6.45, 7) is 0. The molecule has 80 valence electrons. The van der Waals surface area contributed by atoms with E-state index in [9.17, 15) is 9.59 Å². The van der Waals surface area contributed by atoms with Crippen LogP contribution in [-0.2, 0) is 14.3 Å². The number of allylic oxidation sites excluding steroid dienone is 2. The van der Waals surface area contributed by atoms with E-state index >= 15 is 0 Å². The first-order valence-corrected chi connectivity index (χ1v) is 4.69. The van der Waals surface area contributed by atoms with Crippen molar-refractivity contribution in [3.05, 3.63) is 17.7 Å². The summed E-state index contributed by atoms with van der Waals surface area (Å²) in [5.41, 5.74) is 7.99. The van der Waals surface area contributed by atoms with Gasteiger partial charge in [0.15, 0.2) is 0 Å². The minimum Gasteiger partial charge on any atom is -0.460 e. The minimum atomic E-state index is -0.899. The van der Waals surface area contributed by atoms with E-state index in [1.54, 1.807) is 0 Å². The predicted octanol–water partition coefficient (Wildman–Crippen LogP) is 0.756. The van der Waals surface area contributed by atoms with Gasteiger partial charge in [-0.1, -0.05) is 12.2 Å². The Hall–Kier alpha value is -1.74. The molecule has 1 unspecified atom stereocenters. The Morgan fingerprint density at radius 3 is 2.80 bits per heavy atom. The van der Waals surface area contributed by atoms with E-state index in [2.05, 4.69) is 9.53 Å². The van der Waals surface area contributed by atoms with Crippen molar-refractivity contribution in [2.45, 2.75) is 19.3 Å². The first-order chi connectivity index (χ1) is 7.19. The molecule has 0 aromatic heterocycles. The predicted molar refractivity (Wildman–Crippen MR) is 52.1 cm³/mol. The van der Waals surface area contributed by atoms with Gasteiger partial charge in [0.2, 0.25) is 0 Å². The van der Waals surface area contributed by atoms with Gasteiger partial charge in [0, 0.05) is 6.42 Å². The molecular weight excluding hydrogens is 196 g/mol. The Labute approximate surface area is 87.3 Å². The fourth-order valence-electron chi connectivity index (χ4n) is 1.51. The topological polar surface area (TPSA) is 79.8 Å². The molecule has 0 aliphatic heterocycles. The third-order valence-electron chi connectivity index (χ3n) is 2.30. The highest BCUT2D eigenvalue weighted by Crippen LogP contribution is 2.20. The molecule has 0 radical (unpaired) electrons. The average molecular weight is 208 g/mol. The van der Waals surface area contributed by atoms with E-state index in [0.29, 0.717) is 0 Å². The number of hydrogen-bond donors (Lipinski definition) is 0. The number of nitrogens with zero attached hydrogens (tertiary/aromatic N) is 2. The first kappa shape index (κ1) is 11.3. The van der Waals surface area contributed by atoms with Crippen LogP contribution in [0.3, 0.4) is 0 Å². The molecule has 0 spiro atoms. The number of ketones is 1. The molecule has 0 heterocycles. The van der Waals surface area contributed by atoms with Crippen LogP contribution >= 0.6 is 0 Å². The van der Waals surface area contributed by atoms with Gasteiger partial charge in [0.1, 0.15) is 0 Å². The molecule has 0 aromatic carbocycles. The van der Waals surface area contributed by atoms with Crippen molar-refractivity contribution >= 4 is 17.5 Å². The molecular formula is C10H12N2O3. The van der Waals surface area contributed by atoms with Crippen molar-refractivity contribution in [1.29, 1.82) is 0 Å². The lowest BCUT2D eigenvalue weighted by molar-refractivity contribution is -0.139. The van der Waals surface area contributed by atoms with Crippen molar-refractivity contribution in [2.24, 2.45) is 5.92 Å². The smallest absolute Gasteiger partial charge is 0.441 e. The number of ether oxygens (including phenoxy) is 1. The van der Waals surface area contributed by atoms with Gasteiger partial charge in [-0.2, -0.15) is 4.79 Å². The van der Waals surface area contributed by atoms with Crippen LogP contribution in [0.1, 0.15) is 19.3 Å². The van der Waals surface area contributed by atoms with Gasteiger partial charge in [0.05, 0.1) is 7.11 Å². The van der Waals surface area contributed by atoms with Gasteiger partial charge >= 0.3 is 11.7 Å². The van der Waals surface area contributed by atoms with Crippen molar-refractivity contribution in [2.75, 3.05) is 7.11 Å². The molecule has 1 aliphatic rings. The summed E-state index contributed by atoms with van der Waals surface area (Å²) in [5.74, 6) is -1.25. The molecule has 5 nitrogen and oxygen atoms in total. The second-order valence-corrected chi connectivity index (χ2v) is 3.33. The molecule has 5 heteroatoms. The summed E-state index contributed by atoms with van der Waals surface area (Å²) < 4.78 is 4.32. The molecule has 1 atom stereocenters. The van der Waals surface area contributed by atoms with Crippen LogP contribution in [-0.4, -0.2) is 29.4 Å². The molecule has 1 aliphatic carbocycles. The van der Waals surface area contributed by atoms with E-state index < -0.39 is 17.5 Å². The normalized spacial score (nSPS) is 18.3. The SMILES string of the molecule is COC(=O)C(=[N+]=[N-])C(=O)CC1C=CCC1. The van der Waals surface area contributed by atoms with Gasteiger partial charge in [-0.25, -0.2) is 4.79 Å². The Bertz CT molecular complexity index is 354. The summed E-state index contributed by atoms with van der Waals surface area (Å²) in [6, 6.07) is 0. The summed E-state index contributed by atoms with van der Waals surface area (Å²) in [5, 5.41) is 0. The van der Waals surface area contributed by atoms with Crippen molar-refractivity contribution in [3.8, 4) is 0 Å². The zero-order valence-electron chi connectivity index (χ0n) is 8.47. The summed E-state index contributed by atoms with van der Waals surface area (Å²) >= 11 is 0. The summed E-state index contributed by atoms with van der Waals surface area (Å²) in [6.07, 6.45) is 5.95. The van der Waals surface area contributed by atoms with Crippen LogP contribution in [0.2, 0.25) is 0 Å². The van der Waals surface area contributed by atoms with Crippen molar-refractivity contribution in [3.63, 3.8) is 0 Å². The van der Waals surface area contributed by atoms with Gasteiger partial charge < -0.3 is 10.3 Å². The van der Waals surface area contributed by atoms with E-state index in [-0.39, 0.29) is 12.3 Å². The van der Waals surface area contributed by atoms with Crippen LogP contribution in [0.4, 0.5) is 0 Å². The second kappa shape index (κ2) is 5.22. The highest BCUT2D eigenvalue weighted by Gasteiger charge is 2.31. The number of carbonyl (C=O) groups excluding carboxylic acids is 2. The Kier molecular flexibility index (Phi) is 3.94. The fourth-order valence-corrected chi connectivity index (χ4v) is 1.51. The average Bonchev–Trinajstić information content (AvgIpc) is 2.71. The molecule has 0 bridgehead atoms. The van der Waals surface area contributed by atoms with Crippen LogP contribution in [0, 0.1) is 5.92 Å². The summed E-state index contributed by atoms with van der Waals surface area (Å²) in [4.78, 5) is 25.2. The minimum absolute atomic E-state index is 0.138. The maximum Gasteiger partial charge on any atom is 0.441 e. The van der Waals surface area contributed by atoms with Crippen LogP contribution < -0.4 is 0 Å². The van der Waals surface area contributed by atoms with Crippen LogP contribution in [0.15, 0.2) is 12.2 Å². The quantitative estimate of drug-likeness (QED) is 0.171. The van der Waals surface area contributed by atoms with E-state index in [1.165, 1.54) is 0 Å². The molecule has 1 rings (SSSR count). The van der Waals surface area contributed by atoms with E-state index in [4.69, 9.17) is 5.53 Å². The van der Waals surface area contributed by atoms with Crippen molar-refractivity contribution in [1.82, 2.24) is 0 Å². The van der Waals surface area contributed by atoms with Gasteiger partial charge in [0.25, 0.3) is 5.78 Å². The Balaban J connectivity index is 2.62. The highest BCUT2D eigenvalue weighted by atomic mass is 16.5. The molecule has 0 saturated carbocycles. The molecule has 0 aromatic rings. The van der Waals surface area contributed by atoms with E-state index in [1.807, 2.05) is 12.2 Å². The number of esters is 1. The number of Topliss-reactive ketones (excluding diaryl/α,β-unsaturated/α-hetero) is 1. The summed E-state index contributed by atoms with van der Waals surface area (Å²) in [7, 11) is 1.14. The zero-order chi connectivity index (χ0) is 11.3. The lowest BCUT2D eigenvalue weighted by Gasteiger charge is -2.02. The zero-order valence-corrected chi connectivity index (χ0v) is 8.47. The second-order valence-electron chi connectivity index (χ2n) is 3.33. The largest absolute Gasteiger partial charge is 0.460 e. The standard InChI is InChI=1S/C10H12N2O3/c1-15-10(14)9(12-11)8(13)6-7-4-2-3-5-7/h2,4,7H,3,5-6H2,1H3. The van der Waals surface area contributed by atoms with Gasteiger partial charge in [-0.3, -0.25) is 4.79 Å². The Morgan fingerprint density at radius 1 is 1.60 bits per heavy atom. The van der Waals surface area contributed by atoms with Crippen molar-refractivity contribution < 1.29 is 19.1 Å². The van der Waals surface area contributed by atoms with Crippen LogP contribution in [0.5, 0.6) is 0 Å².